The maximum absolute atomic E-state index is 12.2. The average molecular weight is 386 g/mol. The molecule has 0 bridgehead atoms. The quantitative estimate of drug-likeness (QED) is 0.410. The monoisotopic (exact) mass is 385 g/mol. The first-order valence-electron chi connectivity index (χ1n) is 10.1. The number of nitrogens with one attached hydrogen (secondary N) is 3. The molecule has 1 atom stereocenters. The van der Waals surface area contributed by atoms with Gasteiger partial charge in [0.25, 0.3) is 5.91 Å². The largest absolute Gasteiger partial charge is 0.357 e. The zero-order valence-corrected chi connectivity index (χ0v) is 17.0. The molecule has 2 fully saturated rings. The van der Waals surface area contributed by atoms with Gasteiger partial charge in [0.15, 0.2) is 5.96 Å². The fourth-order valence-corrected chi connectivity index (χ4v) is 3.98. The van der Waals surface area contributed by atoms with E-state index in [1.54, 1.807) is 0 Å². The summed E-state index contributed by atoms with van der Waals surface area (Å²) in [6.45, 7) is 9.19. The van der Waals surface area contributed by atoms with Gasteiger partial charge >= 0.3 is 6.03 Å². The van der Waals surface area contributed by atoms with Crippen LogP contribution >= 0.6 is 0 Å². The second-order valence-electron chi connectivity index (χ2n) is 7.84. The van der Waals surface area contributed by atoms with Crippen LogP contribution in [0.25, 0.3) is 0 Å². The van der Waals surface area contributed by atoms with Crippen molar-refractivity contribution < 1.29 is 9.59 Å². The van der Waals surface area contributed by atoms with Crippen LogP contribution in [0.15, 0.2) is 29.3 Å². The Morgan fingerprint density at radius 1 is 1.25 bits per heavy atom. The van der Waals surface area contributed by atoms with E-state index in [0.717, 1.165) is 51.4 Å². The molecule has 2 saturated heterocycles. The molecule has 28 heavy (non-hydrogen) atoms. The highest BCUT2D eigenvalue weighted by molar-refractivity contribution is 6.07. The second kappa shape index (κ2) is 8.63. The lowest BCUT2D eigenvalue weighted by molar-refractivity contribution is -0.125. The van der Waals surface area contributed by atoms with Crippen LogP contribution in [0.4, 0.5) is 4.79 Å². The molecule has 1 aromatic rings. The van der Waals surface area contributed by atoms with Crippen LogP contribution < -0.4 is 16.0 Å². The maximum Gasteiger partial charge on any atom is 0.322 e. The summed E-state index contributed by atoms with van der Waals surface area (Å²) < 4.78 is 0. The third-order valence-corrected chi connectivity index (χ3v) is 5.80. The number of aryl methyl sites for hydroxylation is 1. The van der Waals surface area contributed by atoms with Crippen molar-refractivity contribution in [1.82, 2.24) is 20.9 Å². The number of piperidine rings is 1. The molecule has 0 aliphatic carbocycles. The van der Waals surface area contributed by atoms with Crippen LogP contribution in [-0.4, -0.2) is 54.5 Å². The topological polar surface area (TPSA) is 85.8 Å². The Balaban J connectivity index is 1.57. The molecular formula is C21H31N5O2. The van der Waals surface area contributed by atoms with E-state index in [4.69, 9.17) is 4.99 Å². The summed E-state index contributed by atoms with van der Waals surface area (Å²) in [6, 6.07) is 8.19. The van der Waals surface area contributed by atoms with E-state index in [-0.39, 0.29) is 17.9 Å². The molecule has 0 spiro atoms. The van der Waals surface area contributed by atoms with E-state index in [1.807, 2.05) is 6.92 Å². The normalized spacial score (nSPS) is 23.5. The molecule has 1 aromatic carbocycles. The number of amides is 3. The molecule has 3 N–H and O–H groups in total. The lowest BCUT2D eigenvalue weighted by atomic mass is 9.79. The molecule has 1 unspecified atom stereocenters. The molecule has 2 heterocycles. The van der Waals surface area contributed by atoms with E-state index in [1.165, 1.54) is 11.1 Å². The summed E-state index contributed by atoms with van der Waals surface area (Å²) in [5.41, 5.74) is 1.76. The Labute approximate surface area is 167 Å². The number of urea groups is 1. The first-order chi connectivity index (χ1) is 13.4. The van der Waals surface area contributed by atoms with Crippen molar-refractivity contribution >= 4 is 17.9 Å². The highest BCUT2D eigenvalue weighted by atomic mass is 16.2. The Morgan fingerprint density at radius 3 is 2.50 bits per heavy atom. The van der Waals surface area contributed by atoms with E-state index in [2.05, 4.69) is 59.0 Å². The van der Waals surface area contributed by atoms with Crippen molar-refractivity contribution in [3.05, 3.63) is 35.4 Å². The zero-order valence-electron chi connectivity index (χ0n) is 17.0. The summed E-state index contributed by atoms with van der Waals surface area (Å²) in [7, 11) is 0. The summed E-state index contributed by atoms with van der Waals surface area (Å²) >= 11 is 0. The number of benzene rings is 1. The van der Waals surface area contributed by atoms with Gasteiger partial charge < -0.3 is 15.5 Å². The van der Waals surface area contributed by atoms with E-state index >= 15 is 0 Å². The van der Waals surface area contributed by atoms with Gasteiger partial charge in [0.2, 0.25) is 0 Å². The predicted molar refractivity (Wildman–Crippen MR) is 110 cm³/mol. The number of carbonyl (C=O) groups is 2. The molecule has 7 heteroatoms. The minimum atomic E-state index is -0.801. The Morgan fingerprint density at radius 2 is 1.93 bits per heavy atom. The van der Waals surface area contributed by atoms with Crippen LogP contribution in [0.2, 0.25) is 0 Å². The minimum Gasteiger partial charge on any atom is -0.357 e. The fraction of sp³-hybridized carbons (Fsp3) is 0.571. The third kappa shape index (κ3) is 4.46. The molecule has 3 amide bonds. The van der Waals surface area contributed by atoms with Crippen LogP contribution in [0.5, 0.6) is 0 Å². The highest BCUT2D eigenvalue weighted by Crippen LogP contribution is 2.30. The summed E-state index contributed by atoms with van der Waals surface area (Å²) in [5, 5.41) is 8.56. The molecule has 0 aromatic heterocycles. The number of carbonyl (C=O) groups excluding carboxylic acids is 2. The van der Waals surface area contributed by atoms with Crippen molar-refractivity contribution in [3.8, 4) is 0 Å². The van der Waals surface area contributed by atoms with Gasteiger partial charge in [0.1, 0.15) is 5.54 Å². The molecule has 2 aliphatic heterocycles. The number of guanidine groups is 1. The average Bonchev–Trinajstić information content (AvgIpc) is 2.95. The van der Waals surface area contributed by atoms with E-state index in [0.29, 0.717) is 0 Å². The number of imide groups is 1. The molecule has 152 valence electrons. The van der Waals surface area contributed by atoms with Gasteiger partial charge in [-0.1, -0.05) is 29.8 Å². The summed E-state index contributed by atoms with van der Waals surface area (Å²) in [5.74, 6) is 0.846. The first-order valence-corrected chi connectivity index (χ1v) is 10.1. The van der Waals surface area contributed by atoms with Crippen molar-refractivity contribution in [3.63, 3.8) is 0 Å². The van der Waals surface area contributed by atoms with Gasteiger partial charge in [0.05, 0.1) is 0 Å². The van der Waals surface area contributed by atoms with Gasteiger partial charge in [-0.2, -0.15) is 0 Å². The Hall–Kier alpha value is -2.57. The molecule has 7 nitrogen and oxygen atoms in total. The number of nitrogens with zero attached hydrogens (tertiary/aromatic N) is 2. The number of hydrogen-bond acceptors (Lipinski definition) is 3. The van der Waals surface area contributed by atoms with Crippen molar-refractivity contribution in [2.75, 3.05) is 26.2 Å². The summed E-state index contributed by atoms with van der Waals surface area (Å²) in [4.78, 5) is 30.8. The van der Waals surface area contributed by atoms with Gasteiger partial charge in [-0.3, -0.25) is 15.1 Å². The van der Waals surface area contributed by atoms with Crippen LogP contribution in [0.1, 0.15) is 37.8 Å². The van der Waals surface area contributed by atoms with Crippen LogP contribution in [0.3, 0.4) is 0 Å². The van der Waals surface area contributed by atoms with Crippen LogP contribution in [-0.2, 0) is 11.2 Å². The predicted octanol–water partition coefficient (Wildman–Crippen LogP) is 1.81. The van der Waals surface area contributed by atoms with Crippen LogP contribution in [0, 0.1) is 12.8 Å². The standard InChI is InChI=1S/C21H31N5O2/c1-4-22-19(23-12-9-16-7-5-15(2)6-8-16)26-13-10-17(11-14-26)21(3)18(27)24-20(28)25-21/h5-8,17H,4,9-14H2,1-3H3,(H,22,23)(H2,24,25,27,28). The lowest BCUT2D eigenvalue weighted by Gasteiger charge is -2.39. The zero-order chi connectivity index (χ0) is 20.1. The van der Waals surface area contributed by atoms with Gasteiger partial charge in [0, 0.05) is 26.2 Å². The third-order valence-electron chi connectivity index (χ3n) is 5.80. The van der Waals surface area contributed by atoms with E-state index in [9.17, 15) is 9.59 Å². The number of hydrogen-bond donors (Lipinski definition) is 3. The maximum atomic E-state index is 12.2. The fourth-order valence-electron chi connectivity index (χ4n) is 3.98. The van der Waals surface area contributed by atoms with Gasteiger partial charge in [-0.05, 0) is 51.5 Å². The number of aliphatic imine (C=N–C) groups is 1. The molecule has 0 saturated carbocycles. The highest BCUT2D eigenvalue weighted by Gasteiger charge is 2.48. The van der Waals surface area contributed by atoms with Gasteiger partial charge in [-0.15, -0.1) is 0 Å². The molecule has 2 aliphatic rings. The molecular weight excluding hydrogens is 354 g/mol. The molecule has 0 radical (unpaired) electrons. The second-order valence-corrected chi connectivity index (χ2v) is 7.84. The number of likely N-dealkylation sites (tertiary alicyclic amines) is 1. The van der Waals surface area contributed by atoms with Crippen molar-refractivity contribution in [2.24, 2.45) is 10.9 Å². The number of rotatable bonds is 5. The summed E-state index contributed by atoms with van der Waals surface area (Å²) in [6.07, 6.45) is 2.59. The lowest BCUT2D eigenvalue weighted by Crippen LogP contribution is -2.55. The van der Waals surface area contributed by atoms with Crippen molar-refractivity contribution in [2.45, 2.75) is 45.6 Å². The molecule has 3 rings (SSSR count). The Bertz CT molecular complexity index is 738. The Kier molecular flexibility index (Phi) is 6.21. The van der Waals surface area contributed by atoms with Crippen molar-refractivity contribution in [1.29, 1.82) is 0 Å². The smallest absolute Gasteiger partial charge is 0.322 e. The van der Waals surface area contributed by atoms with E-state index < -0.39 is 5.54 Å². The van der Waals surface area contributed by atoms with Gasteiger partial charge in [-0.25, -0.2) is 4.79 Å². The minimum absolute atomic E-state index is 0.130. The SMILES string of the molecule is CCNC(=NCCc1ccc(C)cc1)N1CCC(C2(C)NC(=O)NC2=O)CC1. The first kappa shape index (κ1) is 20.2.